The third-order valence-electron chi connectivity index (χ3n) is 2.32. The summed E-state index contributed by atoms with van der Waals surface area (Å²) in [7, 11) is -3.35. The first-order valence-corrected chi connectivity index (χ1v) is 6.46. The van der Waals surface area contributed by atoms with E-state index in [0.717, 1.165) is 11.1 Å². The van der Waals surface area contributed by atoms with Gasteiger partial charge in [-0.25, -0.2) is 8.42 Å². The van der Waals surface area contributed by atoms with E-state index < -0.39 is 9.84 Å². The molecular formula is C13H11O2S. The van der Waals surface area contributed by atoms with E-state index >= 15 is 0 Å². The second kappa shape index (κ2) is 4.10. The molecule has 2 aromatic carbocycles. The van der Waals surface area contributed by atoms with Crippen LogP contribution >= 0.6 is 0 Å². The van der Waals surface area contributed by atoms with Crippen LogP contribution in [0, 0.1) is 6.26 Å². The summed E-state index contributed by atoms with van der Waals surface area (Å²) in [5.41, 5.74) is 2.06. The van der Waals surface area contributed by atoms with Gasteiger partial charge in [-0.3, -0.25) is 0 Å². The fourth-order valence-corrected chi connectivity index (χ4v) is 2.04. The van der Waals surface area contributed by atoms with Gasteiger partial charge in [-0.15, -0.1) is 0 Å². The van der Waals surface area contributed by atoms with Crippen LogP contribution in [0.25, 0.3) is 11.1 Å². The molecule has 1 radical (unpaired) electrons. The van der Waals surface area contributed by atoms with Crippen LogP contribution in [-0.2, 0) is 9.84 Å². The quantitative estimate of drug-likeness (QED) is 0.796. The summed E-state index contributed by atoms with van der Waals surface area (Å²) in [5.74, 6) is 0. The zero-order valence-electron chi connectivity index (χ0n) is 8.63. The lowest BCUT2D eigenvalue weighted by Gasteiger charge is -2.02. The molecule has 2 nitrogen and oxygen atoms in total. The zero-order valence-corrected chi connectivity index (χ0v) is 9.44. The number of hydrogen-bond donors (Lipinski definition) is 0. The molecule has 0 unspecified atom stereocenters. The van der Waals surface area contributed by atoms with E-state index in [1.165, 1.54) is 0 Å². The molecule has 0 N–H and O–H groups in total. The van der Waals surface area contributed by atoms with Crippen molar-refractivity contribution in [1.82, 2.24) is 0 Å². The second-order valence-corrected chi connectivity index (χ2v) is 5.21. The monoisotopic (exact) mass is 231 g/mol. The molecule has 0 spiro atoms. The van der Waals surface area contributed by atoms with E-state index in [-0.39, 0.29) is 4.90 Å². The van der Waals surface area contributed by atoms with Crippen molar-refractivity contribution in [1.29, 1.82) is 0 Å². The Morgan fingerprint density at radius 2 is 1.25 bits per heavy atom. The smallest absolute Gasteiger partial charge is 0.179 e. The van der Waals surface area contributed by atoms with Crippen molar-refractivity contribution in [2.75, 3.05) is 0 Å². The second-order valence-electron chi connectivity index (χ2n) is 3.51. The summed E-state index contributed by atoms with van der Waals surface area (Å²) in [6.45, 7) is 0. The molecule has 2 rings (SSSR count). The molecule has 0 heterocycles. The van der Waals surface area contributed by atoms with E-state index in [1.54, 1.807) is 24.3 Å². The van der Waals surface area contributed by atoms with Crippen LogP contribution in [0.4, 0.5) is 0 Å². The Kier molecular flexibility index (Phi) is 2.79. The molecule has 0 saturated heterocycles. The highest BCUT2D eigenvalue weighted by Gasteiger charge is 2.06. The average Bonchev–Trinajstić information content (AvgIpc) is 2.29. The van der Waals surface area contributed by atoms with Gasteiger partial charge < -0.3 is 0 Å². The van der Waals surface area contributed by atoms with Gasteiger partial charge in [0.25, 0.3) is 0 Å². The van der Waals surface area contributed by atoms with Gasteiger partial charge in [-0.2, -0.15) is 0 Å². The highest BCUT2D eigenvalue weighted by atomic mass is 32.2. The van der Waals surface area contributed by atoms with Gasteiger partial charge in [0.1, 0.15) is 0 Å². The first kappa shape index (κ1) is 10.9. The molecule has 0 aliphatic rings. The maximum atomic E-state index is 11.2. The highest BCUT2D eigenvalue weighted by Crippen LogP contribution is 2.20. The number of hydrogen-bond acceptors (Lipinski definition) is 2. The van der Waals surface area contributed by atoms with E-state index in [9.17, 15) is 8.42 Å². The first-order valence-electron chi connectivity index (χ1n) is 4.81. The molecule has 0 bridgehead atoms. The van der Waals surface area contributed by atoms with Gasteiger partial charge in [0, 0.05) is 0 Å². The summed E-state index contributed by atoms with van der Waals surface area (Å²) in [4.78, 5) is 0.243. The van der Waals surface area contributed by atoms with Crippen LogP contribution in [0.1, 0.15) is 0 Å². The van der Waals surface area contributed by atoms with Crippen molar-refractivity contribution in [2.45, 2.75) is 4.90 Å². The van der Waals surface area contributed by atoms with Crippen molar-refractivity contribution in [3.05, 3.63) is 60.9 Å². The van der Waals surface area contributed by atoms with Crippen molar-refractivity contribution < 1.29 is 8.42 Å². The molecule has 16 heavy (non-hydrogen) atoms. The van der Waals surface area contributed by atoms with Crippen LogP contribution in [0.2, 0.25) is 0 Å². The Hall–Kier alpha value is -1.61. The molecule has 3 heteroatoms. The van der Waals surface area contributed by atoms with Crippen LogP contribution in [0.3, 0.4) is 0 Å². The summed E-state index contributed by atoms with van der Waals surface area (Å²) >= 11 is 0. The Bertz CT molecular complexity index is 569. The molecule has 0 aliphatic carbocycles. The minimum atomic E-state index is -3.35. The van der Waals surface area contributed by atoms with Crippen LogP contribution < -0.4 is 0 Å². The summed E-state index contributed by atoms with van der Waals surface area (Å²) in [6.07, 6.45) is 3.12. The SMILES string of the molecule is [CH2]S(=O)(=O)c1ccc(-c2ccccc2)cc1. The fraction of sp³-hybridized carbons (Fsp3) is 0. The lowest BCUT2D eigenvalue weighted by molar-refractivity contribution is 0.604. The Balaban J connectivity index is 2.41. The van der Waals surface area contributed by atoms with E-state index in [1.807, 2.05) is 30.3 Å². The maximum absolute atomic E-state index is 11.2. The van der Waals surface area contributed by atoms with Gasteiger partial charge in [0.2, 0.25) is 0 Å². The zero-order chi connectivity index (χ0) is 11.6. The third kappa shape index (κ3) is 2.31. The summed E-state index contributed by atoms with van der Waals surface area (Å²) in [6, 6.07) is 16.5. The molecule has 81 valence electrons. The van der Waals surface area contributed by atoms with Crippen molar-refractivity contribution in [3.63, 3.8) is 0 Å². The Morgan fingerprint density at radius 1 is 0.750 bits per heavy atom. The predicted molar refractivity (Wildman–Crippen MR) is 64.4 cm³/mol. The molecule has 0 fully saturated rings. The van der Waals surface area contributed by atoms with Gasteiger partial charge in [-0.05, 0) is 23.3 Å². The van der Waals surface area contributed by atoms with Crippen LogP contribution in [0.5, 0.6) is 0 Å². The molecular weight excluding hydrogens is 220 g/mol. The molecule has 0 atom stereocenters. The maximum Gasteiger partial charge on any atom is 0.179 e. The summed E-state index contributed by atoms with van der Waals surface area (Å²) < 4.78 is 22.3. The van der Waals surface area contributed by atoms with E-state index in [0.29, 0.717) is 0 Å². The largest absolute Gasteiger partial charge is 0.224 e. The third-order valence-corrected chi connectivity index (χ3v) is 3.31. The first-order chi connectivity index (χ1) is 7.57. The summed E-state index contributed by atoms with van der Waals surface area (Å²) in [5, 5.41) is 0. The topological polar surface area (TPSA) is 34.1 Å². The number of sulfone groups is 1. The number of benzene rings is 2. The average molecular weight is 231 g/mol. The normalized spacial score (nSPS) is 11.3. The van der Waals surface area contributed by atoms with Crippen molar-refractivity contribution in [2.24, 2.45) is 0 Å². The molecule has 0 saturated carbocycles. The van der Waals surface area contributed by atoms with Gasteiger partial charge in [0.05, 0.1) is 11.2 Å². The van der Waals surface area contributed by atoms with Gasteiger partial charge in [-0.1, -0.05) is 42.5 Å². The van der Waals surface area contributed by atoms with Gasteiger partial charge >= 0.3 is 0 Å². The van der Waals surface area contributed by atoms with Crippen molar-refractivity contribution >= 4 is 9.84 Å². The van der Waals surface area contributed by atoms with E-state index in [4.69, 9.17) is 0 Å². The number of rotatable bonds is 2. The van der Waals surface area contributed by atoms with Crippen molar-refractivity contribution in [3.8, 4) is 11.1 Å². The lowest BCUT2D eigenvalue weighted by atomic mass is 10.1. The Morgan fingerprint density at radius 3 is 1.75 bits per heavy atom. The molecule has 0 aliphatic heterocycles. The lowest BCUT2D eigenvalue weighted by Crippen LogP contribution is -1.93. The highest BCUT2D eigenvalue weighted by molar-refractivity contribution is 7.92. The fourth-order valence-electron chi connectivity index (χ4n) is 1.49. The van der Waals surface area contributed by atoms with E-state index in [2.05, 4.69) is 6.26 Å². The van der Waals surface area contributed by atoms with Gasteiger partial charge in [0.15, 0.2) is 9.84 Å². The Labute approximate surface area is 95.5 Å². The predicted octanol–water partition coefficient (Wildman–Crippen LogP) is 2.92. The van der Waals surface area contributed by atoms with Crippen LogP contribution in [0.15, 0.2) is 59.5 Å². The van der Waals surface area contributed by atoms with Crippen LogP contribution in [-0.4, -0.2) is 8.42 Å². The standard InChI is InChI=1S/C13H11O2S/c1-16(14,15)13-9-7-12(8-10-13)11-5-3-2-4-6-11/h2-10H,1H2. The minimum absolute atomic E-state index is 0.243. The molecule has 0 amide bonds. The molecule has 2 aromatic rings. The minimum Gasteiger partial charge on any atom is -0.224 e. The molecule has 0 aromatic heterocycles.